The molecule has 0 saturated heterocycles. The van der Waals surface area contributed by atoms with Crippen LogP contribution in [0.4, 0.5) is 0 Å². The van der Waals surface area contributed by atoms with Gasteiger partial charge in [-0.05, 0) is 25.2 Å². The molecule has 0 heteroatoms. The van der Waals surface area contributed by atoms with Crippen LogP contribution in [0.15, 0.2) is 12.2 Å². The fraction of sp³-hybridized carbons (Fsp3) is 0.778. The third-order valence-electron chi connectivity index (χ3n) is 1.49. The van der Waals surface area contributed by atoms with Gasteiger partial charge in [0.25, 0.3) is 0 Å². The van der Waals surface area contributed by atoms with Crippen LogP contribution in [-0.4, -0.2) is 0 Å². The second kappa shape index (κ2) is 5.87. The van der Waals surface area contributed by atoms with Gasteiger partial charge in [0.1, 0.15) is 0 Å². The van der Waals surface area contributed by atoms with Crippen molar-refractivity contribution < 1.29 is 0 Å². The Balaban J connectivity index is 0.000000291. The van der Waals surface area contributed by atoms with Crippen LogP contribution in [0, 0.1) is 5.92 Å². The van der Waals surface area contributed by atoms with Gasteiger partial charge < -0.3 is 0 Å². The molecular formula is C9H18. The van der Waals surface area contributed by atoms with Gasteiger partial charge in [-0.3, -0.25) is 0 Å². The van der Waals surface area contributed by atoms with Gasteiger partial charge in [-0.2, -0.15) is 0 Å². The SMILES string of the molecule is CC.C[C@@H]1C=CCCC1. The molecule has 0 amide bonds. The Kier molecular flexibility index (Phi) is 5.70. The predicted octanol–water partition coefficient (Wildman–Crippen LogP) is 3.39. The number of rotatable bonds is 0. The van der Waals surface area contributed by atoms with Crippen molar-refractivity contribution in [1.29, 1.82) is 0 Å². The summed E-state index contributed by atoms with van der Waals surface area (Å²) in [6, 6.07) is 0. The summed E-state index contributed by atoms with van der Waals surface area (Å²) in [7, 11) is 0. The van der Waals surface area contributed by atoms with Crippen molar-refractivity contribution in [3.63, 3.8) is 0 Å². The zero-order valence-corrected chi connectivity index (χ0v) is 6.85. The predicted molar refractivity (Wildman–Crippen MR) is 43.5 cm³/mol. The molecule has 0 heterocycles. The van der Waals surface area contributed by atoms with Gasteiger partial charge >= 0.3 is 0 Å². The Morgan fingerprint density at radius 2 is 2.00 bits per heavy atom. The molecule has 0 fully saturated rings. The normalized spacial score (nSPS) is 24.6. The van der Waals surface area contributed by atoms with E-state index in [-0.39, 0.29) is 0 Å². The molecule has 0 saturated carbocycles. The van der Waals surface area contributed by atoms with Crippen molar-refractivity contribution in [1.82, 2.24) is 0 Å². The highest BCUT2D eigenvalue weighted by Crippen LogP contribution is 2.14. The molecule has 0 radical (unpaired) electrons. The van der Waals surface area contributed by atoms with E-state index in [0.717, 1.165) is 5.92 Å². The first-order chi connectivity index (χ1) is 4.39. The Hall–Kier alpha value is -0.260. The second-order valence-corrected chi connectivity index (χ2v) is 2.34. The number of hydrogen-bond acceptors (Lipinski definition) is 0. The summed E-state index contributed by atoms with van der Waals surface area (Å²) in [5, 5.41) is 0. The molecule has 9 heavy (non-hydrogen) atoms. The Bertz CT molecular complexity index is 72.1. The van der Waals surface area contributed by atoms with E-state index in [1.807, 2.05) is 13.8 Å². The molecule has 1 atom stereocenters. The van der Waals surface area contributed by atoms with Gasteiger partial charge in [-0.15, -0.1) is 0 Å². The smallest absolute Gasteiger partial charge is 0.0262 e. The molecular weight excluding hydrogens is 108 g/mol. The molecule has 0 aromatic carbocycles. The minimum Gasteiger partial charge on any atom is -0.0883 e. The average Bonchev–Trinajstić information content (AvgIpc) is 1.94. The standard InChI is InChI=1S/C7H12.C2H6/c1-7-5-3-2-4-6-7;1-2/h3,5,7H,2,4,6H2,1H3;1-2H3/t7-;/m1./s1. The molecule has 0 spiro atoms. The van der Waals surface area contributed by atoms with Crippen LogP contribution >= 0.6 is 0 Å². The molecule has 0 aromatic heterocycles. The minimum absolute atomic E-state index is 0.855. The quantitative estimate of drug-likeness (QED) is 0.436. The molecule has 0 bridgehead atoms. The van der Waals surface area contributed by atoms with Crippen LogP contribution in [0.2, 0.25) is 0 Å². The summed E-state index contributed by atoms with van der Waals surface area (Å²) in [6.07, 6.45) is 8.70. The molecule has 0 aliphatic heterocycles. The molecule has 0 aromatic rings. The summed E-state index contributed by atoms with van der Waals surface area (Å²) < 4.78 is 0. The van der Waals surface area contributed by atoms with E-state index >= 15 is 0 Å². The monoisotopic (exact) mass is 126 g/mol. The second-order valence-electron chi connectivity index (χ2n) is 2.34. The van der Waals surface area contributed by atoms with Crippen LogP contribution in [0.1, 0.15) is 40.0 Å². The summed E-state index contributed by atoms with van der Waals surface area (Å²) in [4.78, 5) is 0. The van der Waals surface area contributed by atoms with E-state index in [1.165, 1.54) is 19.3 Å². The third kappa shape index (κ3) is 4.26. The van der Waals surface area contributed by atoms with E-state index in [1.54, 1.807) is 0 Å². The van der Waals surface area contributed by atoms with Gasteiger partial charge in [-0.1, -0.05) is 32.9 Å². The highest BCUT2D eigenvalue weighted by Gasteiger charge is 1.98. The first kappa shape index (κ1) is 8.74. The fourth-order valence-electron chi connectivity index (χ4n) is 0.982. The van der Waals surface area contributed by atoms with Crippen molar-refractivity contribution in [3.05, 3.63) is 12.2 Å². The maximum absolute atomic E-state index is 2.31. The van der Waals surface area contributed by atoms with E-state index in [2.05, 4.69) is 19.1 Å². The summed E-state index contributed by atoms with van der Waals surface area (Å²) in [5.41, 5.74) is 0. The first-order valence-electron chi connectivity index (χ1n) is 4.06. The van der Waals surface area contributed by atoms with Gasteiger partial charge in [-0.25, -0.2) is 0 Å². The zero-order valence-electron chi connectivity index (χ0n) is 6.85. The average molecular weight is 126 g/mol. The van der Waals surface area contributed by atoms with Crippen molar-refractivity contribution in [2.45, 2.75) is 40.0 Å². The van der Waals surface area contributed by atoms with Crippen LogP contribution in [0.25, 0.3) is 0 Å². The van der Waals surface area contributed by atoms with Crippen LogP contribution in [0.5, 0.6) is 0 Å². The molecule has 1 aliphatic carbocycles. The lowest BCUT2D eigenvalue weighted by molar-refractivity contribution is 0.584. The molecule has 54 valence electrons. The zero-order chi connectivity index (χ0) is 7.11. The van der Waals surface area contributed by atoms with E-state index < -0.39 is 0 Å². The van der Waals surface area contributed by atoms with Crippen molar-refractivity contribution in [2.75, 3.05) is 0 Å². The van der Waals surface area contributed by atoms with Crippen molar-refractivity contribution in [3.8, 4) is 0 Å². The summed E-state index contributed by atoms with van der Waals surface area (Å²) in [6.45, 7) is 6.27. The van der Waals surface area contributed by atoms with Crippen LogP contribution < -0.4 is 0 Å². The molecule has 1 aliphatic rings. The lowest BCUT2D eigenvalue weighted by Crippen LogP contribution is -1.92. The highest BCUT2D eigenvalue weighted by molar-refractivity contribution is 4.90. The van der Waals surface area contributed by atoms with E-state index in [4.69, 9.17) is 0 Å². The van der Waals surface area contributed by atoms with Gasteiger partial charge in [0.05, 0.1) is 0 Å². The number of hydrogen-bond donors (Lipinski definition) is 0. The maximum atomic E-state index is 2.31. The van der Waals surface area contributed by atoms with Crippen LogP contribution in [-0.2, 0) is 0 Å². The largest absolute Gasteiger partial charge is 0.0883 e. The van der Waals surface area contributed by atoms with Gasteiger partial charge in [0.2, 0.25) is 0 Å². The molecule has 0 nitrogen and oxygen atoms in total. The minimum atomic E-state index is 0.855. The maximum Gasteiger partial charge on any atom is -0.0262 e. The van der Waals surface area contributed by atoms with Crippen molar-refractivity contribution >= 4 is 0 Å². The van der Waals surface area contributed by atoms with E-state index in [9.17, 15) is 0 Å². The topological polar surface area (TPSA) is 0 Å². The van der Waals surface area contributed by atoms with Crippen LogP contribution in [0.3, 0.4) is 0 Å². The van der Waals surface area contributed by atoms with Gasteiger partial charge in [0.15, 0.2) is 0 Å². The first-order valence-corrected chi connectivity index (χ1v) is 4.06. The Morgan fingerprint density at radius 1 is 1.33 bits per heavy atom. The Labute approximate surface area is 59.0 Å². The third-order valence-corrected chi connectivity index (χ3v) is 1.49. The lowest BCUT2D eigenvalue weighted by Gasteiger charge is -2.08. The lowest BCUT2D eigenvalue weighted by atomic mass is 9.98. The van der Waals surface area contributed by atoms with Gasteiger partial charge in [0, 0.05) is 0 Å². The Morgan fingerprint density at radius 3 is 2.22 bits per heavy atom. The number of allylic oxidation sites excluding steroid dienone is 2. The highest BCUT2D eigenvalue weighted by atomic mass is 14.0. The van der Waals surface area contributed by atoms with Crippen molar-refractivity contribution in [2.24, 2.45) is 5.92 Å². The summed E-state index contributed by atoms with van der Waals surface area (Å²) in [5.74, 6) is 0.855. The molecule has 0 unspecified atom stereocenters. The van der Waals surface area contributed by atoms with E-state index in [0.29, 0.717) is 0 Å². The fourth-order valence-corrected chi connectivity index (χ4v) is 0.982. The molecule has 1 rings (SSSR count). The summed E-state index contributed by atoms with van der Waals surface area (Å²) >= 11 is 0. The molecule has 0 N–H and O–H groups in total.